The van der Waals surface area contributed by atoms with Gasteiger partial charge in [-0.3, -0.25) is 9.59 Å². The number of hydrogen-bond acceptors (Lipinski definition) is 5. The number of aryl methyl sites for hydroxylation is 1. The number of para-hydroxylation sites is 1. The number of nitrogens with zero attached hydrogens (tertiary/aromatic N) is 3. The van der Waals surface area contributed by atoms with E-state index >= 15 is 0 Å². The van der Waals surface area contributed by atoms with Crippen LogP contribution >= 0.6 is 0 Å². The van der Waals surface area contributed by atoms with Gasteiger partial charge in [-0.05, 0) is 25.1 Å². The van der Waals surface area contributed by atoms with E-state index in [-0.39, 0.29) is 23.9 Å². The Balaban J connectivity index is 1.55. The number of hydrogen-bond donors (Lipinski definition) is 1. The molecule has 7 nitrogen and oxygen atoms in total. The van der Waals surface area contributed by atoms with Gasteiger partial charge in [-0.15, -0.1) is 0 Å². The Hall–Kier alpha value is -4.00. The molecule has 0 unspecified atom stereocenters. The monoisotopic (exact) mass is 386 g/mol. The van der Waals surface area contributed by atoms with Crippen LogP contribution in [0.4, 0.5) is 5.69 Å². The Kier molecular flexibility index (Phi) is 5.03. The van der Waals surface area contributed by atoms with Crippen molar-refractivity contribution in [3.05, 3.63) is 88.8 Å². The molecular formula is C22H18N4O3. The highest BCUT2D eigenvalue weighted by atomic mass is 16.5. The van der Waals surface area contributed by atoms with Gasteiger partial charge in [0.25, 0.3) is 11.4 Å². The lowest BCUT2D eigenvalue weighted by molar-refractivity contribution is -0.116. The lowest BCUT2D eigenvalue weighted by Gasteiger charge is -2.08. The Labute approximate surface area is 166 Å². The molecule has 29 heavy (non-hydrogen) atoms. The van der Waals surface area contributed by atoms with E-state index in [1.807, 2.05) is 49.4 Å². The molecule has 0 bridgehead atoms. The molecule has 0 aliphatic rings. The van der Waals surface area contributed by atoms with E-state index in [0.29, 0.717) is 17.1 Å². The Morgan fingerprint density at radius 2 is 1.72 bits per heavy atom. The van der Waals surface area contributed by atoms with Crippen molar-refractivity contribution >= 4 is 11.6 Å². The first-order chi connectivity index (χ1) is 14.1. The summed E-state index contributed by atoms with van der Waals surface area (Å²) in [5, 5.41) is 6.77. The molecule has 0 spiro atoms. The average molecular weight is 386 g/mol. The minimum atomic E-state index is -0.304. The lowest BCUT2D eigenvalue weighted by atomic mass is 10.1. The van der Waals surface area contributed by atoms with Crippen molar-refractivity contribution in [1.29, 1.82) is 0 Å². The summed E-state index contributed by atoms with van der Waals surface area (Å²) >= 11 is 0. The number of nitrogens with one attached hydrogen (secondary N) is 1. The third kappa shape index (κ3) is 4.30. The number of rotatable bonds is 5. The predicted molar refractivity (Wildman–Crippen MR) is 109 cm³/mol. The Morgan fingerprint density at radius 3 is 2.48 bits per heavy atom. The topological polar surface area (TPSA) is 90.0 Å². The lowest BCUT2D eigenvalue weighted by Crippen LogP contribution is -2.26. The summed E-state index contributed by atoms with van der Waals surface area (Å²) in [6, 6.07) is 19.8. The van der Waals surface area contributed by atoms with Gasteiger partial charge < -0.3 is 14.4 Å². The zero-order chi connectivity index (χ0) is 20.2. The van der Waals surface area contributed by atoms with Gasteiger partial charge in [-0.25, -0.2) is 0 Å². The molecule has 1 N–H and O–H groups in total. The minimum absolute atomic E-state index is 0.124. The van der Waals surface area contributed by atoms with E-state index in [2.05, 4.69) is 15.5 Å². The molecule has 2 heterocycles. The predicted octanol–water partition coefficient (Wildman–Crippen LogP) is 3.51. The first-order valence-electron chi connectivity index (χ1n) is 9.05. The van der Waals surface area contributed by atoms with Gasteiger partial charge in [-0.1, -0.05) is 53.2 Å². The van der Waals surface area contributed by atoms with Gasteiger partial charge in [0.15, 0.2) is 0 Å². The fraction of sp³-hybridized carbons (Fsp3) is 0.0909. The van der Waals surface area contributed by atoms with Crippen LogP contribution in [0.5, 0.6) is 0 Å². The van der Waals surface area contributed by atoms with Crippen molar-refractivity contribution in [1.82, 2.24) is 14.7 Å². The highest BCUT2D eigenvalue weighted by Gasteiger charge is 2.13. The van der Waals surface area contributed by atoms with Crippen LogP contribution < -0.4 is 10.9 Å². The van der Waals surface area contributed by atoms with Crippen molar-refractivity contribution in [3.8, 4) is 22.8 Å². The molecule has 0 fully saturated rings. The van der Waals surface area contributed by atoms with E-state index in [1.54, 1.807) is 24.4 Å². The first kappa shape index (κ1) is 18.4. The van der Waals surface area contributed by atoms with Crippen LogP contribution in [0, 0.1) is 6.92 Å². The fourth-order valence-corrected chi connectivity index (χ4v) is 2.82. The van der Waals surface area contributed by atoms with Crippen LogP contribution in [0.15, 0.2) is 82.2 Å². The second kappa shape index (κ2) is 7.93. The number of amides is 1. The van der Waals surface area contributed by atoms with E-state index in [1.165, 1.54) is 10.6 Å². The Morgan fingerprint density at radius 1 is 1.00 bits per heavy atom. The van der Waals surface area contributed by atoms with Gasteiger partial charge in [0.05, 0.1) is 5.56 Å². The maximum atomic E-state index is 12.3. The molecule has 0 radical (unpaired) electrons. The van der Waals surface area contributed by atoms with Crippen LogP contribution in [0.25, 0.3) is 22.8 Å². The van der Waals surface area contributed by atoms with Crippen molar-refractivity contribution in [2.45, 2.75) is 13.5 Å². The summed E-state index contributed by atoms with van der Waals surface area (Å²) in [5.41, 5.74) is 2.90. The first-order valence-corrected chi connectivity index (χ1v) is 9.05. The SMILES string of the molecule is Cc1ccc(-c2noc(-c3ccc(=O)n(CC(=O)Nc4ccccc4)c3)n2)cc1. The van der Waals surface area contributed by atoms with Crippen LogP contribution in [0.1, 0.15) is 5.56 Å². The molecule has 0 aliphatic carbocycles. The normalized spacial score (nSPS) is 10.7. The molecule has 144 valence electrons. The van der Waals surface area contributed by atoms with E-state index < -0.39 is 0 Å². The highest BCUT2D eigenvalue weighted by molar-refractivity contribution is 5.90. The number of pyridine rings is 1. The third-order valence-electron chi connectivity index (χ3n) is 4.34. The molecule has 2 aromatic heterocycles. The molecule has 4 aromatic rings. The van der Waals surface area contributed by atoms with Crippen LogP contribution in [0.2, 0.25) is 0 Å². The van der Waals surface area contributed by atoms with Crippen LogP contribution in [-0.4, -0.2) is 20.6 Å². The Bertz CT molecular complexity index is 1190. The van der Waals surface area contributed by atoms with E-state index in [9.17, 15) is 9.59 Å². The zero-order valence-electron chi connectivity index (χ0n) is 15.7. The summed E-state index contributed by atoms with van der Waals surface area (Å²) in [6.45, 7) is 1.88. The quantitative estimate of drug-likeness (QED) is 0.567. The molecule has 0 saturated carbocycles. The highest BCUT2D eigenvalue weighted by Crippen LogP contribution is 2.21. The molecule has 7 heteroatoms. The van der Waals surface area contributed by atoms with Gasteiger partial charge in [0, 0.05) is 23.5 Å². The van der Waals surface area contributed by atoms with E-state index in [4.69, 9.17) is 4.52 Å². The largest absolute Gasteiger partial charge is 0.334 e. The molecule has 2 aromatic carbocycles. The average Bonchev–Trinajstić information content (AvgIpc) is 3.21. The third-order valence-corrected chi connectivity index (χ3v) is 4.34. The van der Waals surface area contributed by atoms with Crippen LogP contribution in [-0.2, 0) is 11.3 Å². The summed E-state index contributed by atoms with van der Waals surface area (Å²) in [7, 11) is 0. The molecule has 0 saturated heterocycles. The maximum Gasteiger partial charge on any atom is 0.259 e. The van der Waals surface area contributed by atoms with Crippen molar-refractivity contribution in [2.75, 3.05) is 5.32 Å². The number of anilines is 1. The second-order valence-corrected chi connectivity index (χ2v) is 6.59. The van der Waals surface area contributed by atoms with Gasteiger partial charge in [0.1, 0.15) is 6.54 Å². The summed E-state index contributed by atoms with van der Waals surface area (Å²) < 4.78 is 6.66. The second-order valence-electron chi connectivity index (χ2n) is 6.59. The number of benzene rings is 2. The van der Waals surface area contributed by atoms with Gasteiger partial charge in [-0.2, -0.15) is 4.98 Å². The molecule has 1 amide bonds. The van der Waals surface area contributed by atoms with Crippen molar-refractivity contribution in [2.24, 2.45) is 0 Å². The fourth-order valence-electron chi connectivity index (χ4n) is 2.82. The summed E-state index contributed by atoms with van der Waals surface area (Å²) in [5.74, 6) is 0.429. The zero-order valence-corrected chi connectivity index (χ0v) is 15.7. The minimum Gasteiger partial charge on any atom is -0.334 e. The molecule has 4 rings (SSSR count). The maximum absolute atomic E-state index is 12.3. The van der Waals surface area contributed by atoms with Crippen LogP contribution in [0.3, 0.4) is 0 Å². The number of aromatic nitrogens is 3. The number of carbonyl (C=O) groups excluding carboxylic acids is 1. The van der Waals surface area contributed by atoms with Gasteiger partial charge >= 0.3 is 0 Å². The van der Waals surface area contributed by atoms with Crippen molar-refractivity contribution < 1.29 is 9.32 Å². The molecular weight excluding hydrogens is 368 g/mol. The summed E-state index contributed by atoms with van der Waals surface area (Å²) in [6.07, 6.45) is 1.54. The molecule has 0 atom stereocenters. The van der Waals surface area contributed by atoms with Crippen molar-refractivity contribution in [3.63, 3.8) is 0 Å². The van der Waals surface area contributed by atoms with Gasteiger partial charge in [0.2, 0.25) is 11.7 Å². The summed E-state index contributed by atoms with van der Waals surface area (Å²) in [4.78, 5) is 28.8. The number of carbonyl (C=O) groups is 1. The van der Waals surface area contributed by atoms with E-state index in [0.717, 1.165) is 11.1 Å². The smallest absolute Gasteiger partial charge is 0.259 e. The standard InChI is InChI=1S/C22H18N4O3/c1-15-7-9-16(10-8-15)21-24-22(29-25-21)17-11-12-20(28)26(13-17)14-19(27)23-18-5-3-2-4-6-18/h2-13H,14H2,1H3,(H,23,27). The molecule has 0 aliphatic heterocycles.